The number of hydrogen-bond acceptors (Lipinski definition) is 3. The Labute approximate surface area is 151 Å². The lowest BCUT2D eigenvalue weighted by Crippen LogP contribution is -2.17. The average molecular weight is 384 g/mol. The number of aromatic nitrogens is 2. The number of carbonyl (C=O) groups excluding carboxylic acids is 1. The molecule has 2 heterocycles. The molecular formula is C17H13ClF3N3O2. The summed E-state index contributed by atoms with van der Waals surface area (Å²) in [5.41, 5.74) is -0.314. The first kappa shape index (κ1) is 18.1. The number of nitrogens with one attached hydrogen (secondary N) is 1. The molecule has 0 aliphatic rings. The predicted octanol–water partition coefficient (Wildman–Crippen LogP) is 4.58. The summed E-state index contributed by atoms with van der Waals surface area (Å²) in [6, 6.07) is 7.46. The monoisotopic (exact) mass is 383 g/mol. The topological polar surface area (TPSA) is 55.6 Å². The fraction of sp³-hybridized carbons (Fsp3) is 0.176. The first-order valence-electron chi connectivity index (χ1n) is 7.42. The Balaban J connectivity index is 2.10. The van der Waals surface area contributed by atoms with Crippen molar-refractivity contribution in [2.75, 3.05) is 12.4 Å². The van der Waals surface area contributed by atoms with E-state index in [1.54, 1.807) is 24.3 Å². The summed E-state index contributed by atoms with van der Waals surface area (Å²) in [6.07, 6.45) is -3.80. The number of nitrogens with zero attached hydrogens (tertiary/aromatic N) is 2. The second-order valence-electron chi connectivity index (χ2n) is 5.47. The number of ether oxygens (including phenoxy) is 1. The molecule has 0 atom stereocenters. The van der Waals surface area contributed by atoms with Crippen LogP contribution in [0.3, 0.4) is 0 Å². The van der Waals surface area contributed by atoms with E-state index in [0.29, 0.717) is 11.4 Å². The minimum atomic E-state index is -4.60. The number of para-hydroxylation sites is 2. The second-order valence-corrected chi connectivity index (χ2v) is 5.88. The van der Waals surface area contributed by atoms with Crippen LogP contribution in [-0.2, 0) is 6.18 Å². The highest BCUT2D eigenvalue weighted by atomic mass is 35.5. The first-order chi connectivity index (χ1) is 12.2. The van der Waals surface area contributed by atoms with Gasteiger partial charge in [0, 0.05) is 6.20 Å². The average Bonchev–Trinajstić information content (AvgIpc) is 2.91. The van der Waals surface area contributed by atoms with Gasteiger partial charge in [-0.3, -0.25) is 9.20 Å². The van der Waals surface area contributed by atoms with E-state index < -0.39 is 17.6 Å². The van der Waals surface area contributed by atoms with Gasteiger partial charge in [0.15, 0.2) is 5.65 Å². The number of halogens is 4. The number of hydrogen-bond donors (Lipinski definition) is 1. The minimum absolute atomic E-state index is 0.0427. The van der Waals surface area contributed by atoms with Gasteiger partial charge in [0.1, 0.15) is 11.4 Å². The first-order valence-corrected chi connectivity index (χ1v) is 7.80. The summed E-state index contributed by atoms with van der Waals surface area (Å²) in [4.78, 5) is 16.8. The van der Waals surface area contributed by atoms with Crippen molar-refractivity contribution < 1.29 is 22.7 Å². The van der Waals surface area contributed by atoms with Gasteiger partial charge in [0.05, 0.1) is 29.1 Å². The number of amides is 1. The van der Waals surface area contributed by atoms with Crippen molar-refractivity contribution in [2.24, 2.45) is 0 Å². The van der Waals surface area contributed by atoms with E-state index >= 15 is 0 Å². The van der Waals surface area contributed by atoms with E-state index in [0.717, 1.165) is 16.7 Å². The van der Waals surface area contributed by atoms with Gasteiger partial charge in [0.2, 0.25) is 0 Å². The van der Waals surface area contributed by atoms with Gasteiger partial charge in [-0.05, 0) is 25.1 Å². The molecule has 5 nitrogen and oxygen atoms in total. The molecule has 0 spiro atoms. The van der Waals surface area contributed by atoms with Crippen LogP contribution in [-0.4, -0.2) is 22.4 Å². The van der Waals surface area contributed by atoms with Crippen molar-refractivity contribution in [1.82, 2.24) is 9.38 Å². The van der Waals surface area contributed by atoms with Gasteiger partial charge in [-0.1, -0.05) is 23.7 Å². The van der Waals surface area contributed by atoms with Crippen molar-refractivity contribution in [3.63, 3.8) is 0 Å². The van der Waals surface area contributed by atoms with Crippen molar-refractivity contribution in [1.29, 1.82) is 0 Å². The van der Waals surface area contributed by atoms with Crippen LogP contribution >= 0.6 is 11.6 Å². The number of methoxy groups -OCH3 is 1. The molecule has 0 saturated heterocycles. The molecule has 1 amide bonds. The third-order valence-corrected chi connectivity index (χ3v) is 4.03. The maximum atomic E-state index is 13.1. The molecule has 2 aromatic heterocycles. The molecule has 0 fully saturated rings. The normalized spacial score (nSPS) is 11.6. The van der Waals surface area contributed by atoms with E-state index in [2.05, 4.69) is 10.3 Å². The number of imidazole rings is 1. The smallest absolute Gasteiger partial charge is 0.417 e. The van der Waals surface area contributed by atoms with Crippen LogP contribution in [0.5, 0.6) is 5.75 Å². The molecule has 3 aromatic rings. The molecular weight excluding hydrogens is 371 g/mol. The minimum Gasteiger partial charge on any atom is -0.495 e. The van der Waals surface area contributed by atoms with Crippen molar-refractivity contribution >= 4 is 28.8 Å². The van der Waals surface area contributed by atoms with Crippen molar-refractivity contribution in [3.05, 3.63) is 58.5 Å². The zero-order chi connectivity index (χ0) is 19.1. The van der Waals surface area contributed by atoms with E-state index in [-0.39, 0.29) is 22.1 Å². The highest BCUT2D eigenvalue weighted by Gasteiger charge is 2.33. The molecule has 0 bridgehead atoms. The third kappa shape index (κ3) is 3.20. The van der Waals surface area contributed by atoms with E-state index in [9.17, 15) is 18.0 Å². The molecule has 0 radical (unpaired) electrons. The Morgan fingerprint density at radius 3 is 2.65 bits per heavy atom. The van der Waals surface area contributed by atoms with E-state index in [1.807, 2.05) is 0 Å². The summed E-state index contributed by atoms with van der Waals surface area (Å²) >= 11 is 5.93. The highest BCUT2D eigenvalue weighted by Crippen LogP contribution is 2.33. The standard InChI is InChI=1S/C17H13ClF3N3O2/c1-9-14(16(25)23-12-5-3-4-6-13(12)26-2)24-8-10(17(19,20)21)7-11(18)15(24)22-9/h3-8H,1-2H3,(H,23,25). The highest BCUT2D eigenvalue weighted by molar-refractivity contribution is 6.33. The molecule has 136 valence electrons. The SMILES string of the molecule is COc1ccccc1NC(=O)c1c(C)nc2c(Cl)cc(C(F)(F)F)cn12. The maximum Gasteiger partial charge on any atom is 0.417 e. The van der Waals surface area contributed by atoms with Gasteiger partial charge in [-0.15, -0.1) is 0 Å². The molecule has 1 N–H and O–H groups in total. The number of alkyl halides is 3. The van der Waals surface area contributed by atoms with Gasteiger partial charge >= 0.3 is 6.18 Å². The molecule has 0 aliphatic heterocycles. The number of rotatable bonds is 3. The molecule has 1 aromatic carbocycles. The molecule has 0 aliphatic carbocycles. The molecule has 0 unspecified atom stereocenters. The lowest BCUT2D eigenvalue weighted by Gasteiger charge is -2.11. The number of benzene rings is 1. The van der Waals surface area contributed by atoms with E-state index in [4.69, 9.17) is 16.3 Å². The summed E-state index contributed by atoms with van der Waals surface area (Å²) in [5.74, 6) is -0.212. The van der Waals surface area contributed by atoms with Crippen molar-refractivity contribution in [3.8, 4) is 5.75 Å². The van der Waals surface area contributed by atoms with Gasteiger partial charge in [-0.25, -0.2) is 4.98 Å². The Bertz CT molecular complexity index is 999. The molecule has 3 rings (SSSR count). The van der Waals surface area contributed by atoms with Gasteiger partial charge < -0.3 is 10.1 Å². The van der Waals surface area contributed by atoms with Crippen LogP contribution in [0.1, 0.15) is 21.7 Å². The quantitative estimate of drug-likeness (QED) is 0.720. The Kier molecular flexibility index (Phi) is 4.53. The van der Waals surface area contributed by atoms with Crippen molar-refractivity contribution in [2.45, 2.75) is 13.1 Å². The number of pyridine rings is 1. The number of aryl methyl sites for hydroxylation is 1. The molecule has 26 heavy (non-hydrogen) atoms. The van der Waals surface area contributed by atoms with Gasteiger partial charge in [-0.2, -0.15) is 13.2 Å². The van der Waals surface area contributed by atoms with Crippen LogP contribution in [0, 0.1) is 6.92 Å². The van der Waals surface area contributed by atoms with Crippen LogP contribution in [0.2, 0.25) is 5.02 Å². The van der Waals surface area contributed by atoms with E-state index in [1.165, 1.54) is 14.0 Å². The van der Waals surface area contributed by atoms with Crippen LogP contribution in [0.15, 0.2) is 36.5 Å². The molecule has 9 heteroatoms. The lowest BCUT2D eigenvalue weighted by atomic mass is 10.2. The second kappa shape index (κ2) is 6.53. The predicted molar refractivity (Wildman–Crippen MR) is 90.9 cm³/mol. The lowest BCUT2D eigenvalue weighted by molar-refractivity contribution is -0.137. The largest absolute Gasteiger partial charge is 0.495 e. The third-order valence-electron chi connectivity index (χ3n) is 3.75. The number of fused-ring (bicyclic) bond motifs is 1. The van der Waals surface area contributed by atoms with Crippen LogP contribution in [0.25, 0.3) is 5.65 Å². The number of anilines is 1. The zero-order valence-electron chi connectivity index (χ0n) is 13.7. The Hall–Kier alpha value is -2.74. The Morgan fingerprint density at radius 2 is 2.00 bits per heavy atom. The Morgan fingerprint density at radius 1 is 1.31 bits per heavy atom. The fourth-order valence-electron chi connectivity index (χ4n) is 2.58. The zero-order valence-corrected chi connectivity index (χ0v) is 14.4. The van der Waals surface area contributed by atoms with Crippen LogP contribution in [0.4, 0.5) is 18.9 Å². The fourth-order valence-corrected chi connectivity index (χ4v) is 2.83. The summed E-state index contributed by atoms with van der Waals surface area (Å²) < 4.78 is 45.4. The summed E-state index contributed by atoms with van der Waals surface area (Å²) in [5, 5.41) is 2.43. The summed E-state index contributed by atoms with van der Waals surface area (Å²) in [6.45, 7) is 1.52. The van der Waals surface area contributed by atoms with Gasteiger partial charge in [0.25, 0.3) is 5.91 Å². The number of carbonyl (C=O) groups is 1. The summed E-state index contributed by atoms with van der Waals surface area (Å²) in [7, 11) is 1.44. The molecule has 0 saturated carbocycles. The maximum absolute atomic E-state index is 13.1. The van der Waals surface area contributed by atoms with Crippen LogP contribution < -0.4 is 10.1 Å².